The van der Waals surface area contributed by atoms with E-state index in [1.165, 1.54) is 28.6 Å². The first kappa shape index (κ1) is 22.1. The highest BCUT2D eigenvalue weighted by atomic mass is 32.2. The molecule has 1 saturated heterocycles. The van der Waals surface area contributed by atoms with Gasteiger partial charge in [0.1, 0.15) is 5.82 Å². The first-order valence-electron chi connectivity index (χ1n) is 10.9. The summed E-state index contributed by atoms with van der Waals surface area (Å²) in [7, 11) is 0. The van der Waals surface area contributed by atoms with E-state index in [2.05, 4.69) is 52.1 Å². The molecule has 1 aromatic heterocycles. The second-order valence-corrected chi connectivity index (χ2v) is 9.06. The van der Waals surface area contributed by atoms with Crippen molar-refractivity contribution in [1.82, 2.24) is 9.97 Å². The number of rotatable bonds is 6. The van der Waals surface area contributed by atoms with Crippen LogP contribution in [-0.4, -0.2) is 47.8 Å². The summed E-state index contributed by atoms with van der Waals surface area (Å²) in [5.41, 5.74) is 5.81. The zero-order valence-electron chi connectivity index (χ0n) is 18.8. The van der Waals surface area contributed by atoms with Crippen LogP contribution in [0.1, 0.15) is 16.7 Å². The van der Waals surface area contributed by atoms with Crippen LogP contribution in [-0.2, 0) is 4.79 Å². The molecule has 1 amide bonds. The zero-order valence-corrected chi connectivity index (χ0v) is 19.7. The van der Waals surface area contributed by atoms with Gasteiger partial charge in [0.15, 0.2) is 5.16 Å². The Morgan fingerprint density at radius 1 is 0.969 bits per heavy atom. The number of anilines is 3. The van der Waals surface area contributed by atoms with Gasteiger partial charge in [-0.3, -0.25) is 4.79 Å². The number of hydrogen-bond acceptors (Lipinski definition) is 6. The molecule has 0 radical (unpaired) electrons. The molecule has 1 aliphatic rings. The highest BCUT2D eigenvalue weighted by Gasteiger charge is 2.20. The number of carbonyl (C=O) groups excluding carboxylic acids is 1. The first-order valence-corrected chi connectivity index (χ1v) is 11.9. The van der Waals surface area contributed by atoms with Crippen LogP contribution in [0.4, 0.5) is 17.2 Å². The van der Waals surface area contributed by atoms with Crippen molar-refractivity contribution in [2.45, 2.75) is 25.9 Å². The number of nitrogens with zero attached hydrogens (tertiary/aromatic N) is 4. The molecular weight excluding hydrogens is 418 g/mol. The molecule has 0 saturated carbocycles. The topological polar surface area (TPSA) is 61.4 Å². The molecule has 0 atom stereocenters. The van der Waals surface area contributed by atoms with Crippen molar-refractivity contribution in [3.8, 4) is 0 Å². The molecule has 0 unspecified atom stereocenters. The van der Waals surface area contributed by atoms with Crippen molar-refractivity contribution in [3.63, 3.8) is 0 Å². The third-order valence-electron chi connectivity index (χ3n) is 5.68. The van der Waals surface area contributed by atoms with E-state index < -0.39 is 0 Å². The monoisotopic (exact) mass is 447 g/mol. The Kier molecular flexibility index (Phi) is 6.95. The van der Waals surface area contributed by atoms with Gasteiger partial charge in [-0.05, 0) is 55.7 Å². The van der Waals surface area contributed by atoms with Gasteiger partial charge in [-0.2, -0.15) is 0 Å². The van der Waals surface area contributed by atoms with Gasteiger partial charge in [0.25, 0.3) is 0 Å². The lowest BCUT2D eigenvalue weighted by Crippen LogP contribution is -2.47. The van der Waals surface area contributed by atoms with Crippen LogP contribution in [0.25, 0.3) is 0 Å². The Morgan fingerprint density at radius 2 is 1.72 bits per heavy atom. The number of piperazine rings is 1. The van der Waals surface area contributed by atoms with Gasteiger partial charge >= 0.3 is 0 Å². The summed E-state index contributed by atoms with van der Waals surface area (Å²) in [5.74, 6) is 1.14. The van der Waals surface area contributed by atoms with E-state index in [1.807, 2.05) is 37.3 Å². The minimum atomic E-state index is -0.0551. The smallest absolute Gasteiger partial charge is 0.234 e. The summed E-state index contributed by atoms with van der Waals surface area (Å²) < 4.78 is 0. The number of amides is 1. The Balaban J connectivity index is 1.33. The second kappa shape index (κ2) is 10.0. The molecule has 3 aromatic rings. The Bertz CT molecular complexity index is 1100. The lowest BCUT2D eigenvalue weighted by molar-refractivity contribution is -0.113. The molecule has 32 heavy (non-hydrogen) atoms. The fourth-order valence-corrected chi connectivity index (χ4v) is 4.47. The molecule has 2 aromatic carbocycles. The van der Waals surface area contributed by atoms with Gasteiger partial charge in [0, 0.05) is 43.8 Å². The van der Waals surface area contributed by atoms with E-state index in [0.29, 0.717) is 5.16 Å². The van der Waals surface area contributed by atoms with Crippen LogP contribution in [0.2, 0.25) is 0 Å². The predicted octanol–water partition coefficient (Wildman–Crippen LogP) is 4.46. The van der Waals surface area contributed by atoms with Crippen LogP contribution in [0.15, 0.2) is 59.9 Å². The van der Waals surface area contributed by atoms with E-state index in [9.17, 15) is 4.79 Å². The van der Waals surface area contributed by atoms with Crippen LogP contribution >= 0.6 is 11.8 Å². The van der Waals surface area contributed by atoms with Crippen molar-refractivity contribution >= 4 is 34.9 Å². The van der Waals surface area contributed by atoms with Crippen molar-refractivity contribution in [2.75, 3.05) is 47.0 Å². The molecule has 1 N–H and O–H groups in total. The molecule has 4 rings (SSSR count). The quantitative estimate of drug-likeness (QED) is 0.445. The number of hydrogen-bond donors (Lipinski definition) is 1. The van der Waals surface area contributed by atoms with E-state index in [1.54, 1.807) is 6.20 Å². The normalized spacial score (nSPS) is 13.8. The SMILES string of the molecule is Cc1ccc(C)c(N2CCN(c3ccnc(SCC(=O)Nc4ccccc4C)n3)CC2)c1. The van der Waals surface area contributed by atoms with Gasteiger partial charge in [-0.1, -0.05) is 42.1 Å². The second-order valence-electron chi connectivity index (χ2n) is 8.11. The lowest BCUT2D eigenvalue weighted by Gasteiger charge is -2.37. The summed E-state index contributed by atoms with van der Waals surface area (Å²) in [4.78, 5) is 26.1. The van der Waals surface area contributed by atoms with Crippen LogP contribution in [0, 0.1) is 20.8 Å². The Hall–Kier alpha value is -3.06. The predicted molar refractivity (Wildman–Crippen MR) is 133 cm³/mol. The maximum absolute atomic E-state index is 12.3. The summed E-state index contributed by atoms with van der Waals surface area (Å²) in [6, 6.07) is 16.3. The van der Waals surface area contributed by atoms with Crippen molar-refractivity contribution < 1.29 is 4.79 Å². The molecule has 6 nitrogen and oxygen atoms in total. The van der Waals surface area contributed by atoms with E-state index >= 15 is 0 Å². The Morgan fingerprint density at radius 3 is 2.50 bits per heavy atom. The third kappa shape index (κ3) is 5.40. The number of thioether (sulfide) groups is 1. The van der Waals surface area contributed by atoms with E-state index in [4.69, 9.17) is 4.98 Å². The van der Waals surface area contributed by atoms with Gasteiger partial charge < -0.3 is 15.1 Å². The van der Waals surface area contributed by atoms with Crippen molar-refractivity contribution in [2.24, 2.45) is 0 Å². The number of aromatic nitrogens is 2. The highest BCUT2D eigenvalue weighted by Crippen LogP contribution is 2.25. The summed E-state index contributed by atoms with van der Waals surface area (Å²) in [6.45, 7) is 10.0. The molecule has 0 bridgehead atoms. The van der Waals surface area contributed by atoms with Crippen LogP contribution in [0.5, 0.6) is 0 Å². The van der Waals surface area contributed by atoms with Gasteiger partial charge in [0.05, 0.1) is 5.75 Å². The fraction of sp³-hybridized carbons (Fsp3) is 0.320. The van der Waals surface area contributed by atoms with Gasteiger partial charge in [0.2, 0.25) is 5.91 Å². The molecular formula is C25H29N5OS. The van der Waals surface area contributed by atoms with Crippen molar-refractivity contribution in [1.29, 1.82) is 0 Å². The fourth-order valence-electron chi connectivity index (χ4n) is 3.84. The molecule has 7 heteroatoms. The number of nitrogens with one attached hydrogen (secondary N) is 1. The lowest BCUT2D eigenvalue weighted by atomic mass is 10.1. The maximum Gasteiger partial charge on any atom is 0.234 e. The minimum absolute atomic E-state index is 0.0551. The minimum Gasteiger partial charge on any atom is -0.368 e. The first-order chi connectivity index (χ1) is 15.5. The van der Waals surface area contributed by atoms with E-state index in [-0.39, 0.29) is 11.7 Å². The average Bonchev–Trinajstić information content (AvgIpc) is 2.81. The third-order valence-corrected chi connectivity index (χ3v) is 6.54. The molecule has 1 fully saturated rings. The maximum atomic E-state index is 12.3. The molecule has 2 heterocycles. The summed E-state index contributed by atoms with van der Waals surface area (Å²) >= 11 is 1.36. The van der Waals surface area contributed by atoms with Gasteiger partial charge in [-0.25, -0.2) is 9.97 Å². The standard InChI is InChI=1S/C25H29N5OS/c1-18-8-9-20(3)22(16-18)29-12-14-30(15-13-29)23-10-11-26-25(28-23)32-17-24(31)27-21-7-5-4-6-19(21)2/h4-11,16H,12-15,17H2,1-3H3,(H,27,31). The number of aryl methyl sites for hydroxylation is 3. The summed E-state index contributed by atoms with van der Waals surface area (Å²) in [6.07, 6.45) is 1.78. The Labute approximate surface area is 194 Å². The molecule has 0 aliphatic carbocycles. The average molecular weight is 448 g/mol. The van der Waals surface area contributed by atoms with Crippen LogP contribution in [0.3, 0.4) is 0 Å². The molecule has 166 valence electrons. The van der Waals surface area contributed by atoms with E-state index in [0.717, 1.165) is 43.2 Å². The largest absolute Gasteiger partial charge is 0.368 e. The number of para-hydroxylation sites is 1. The van der Waals surface area contributed by atoms with Gasteiger partial charge in [-0.15, -0.1) is 0 Å². The van der Waals surface area contributed by atoms with Crippen molar-refractivity contribution in [3.05, 3.63) is 71.4 Å². The summed E-state index contributed by atoms with van der Waals surface area (Å²) in [5, 5.41) is 3.58. The zero-order chi connectivity index (χ0) is 22.5. The number of benzene rings is 2. The number of carbonyl (C=O) groups is 1. The highest BCUT2D eigenvalue weighted by molar-refractivity contribution is 7.99. The molecule has 1 aliphatic heterocycles. The van der Waals surface area contributed by atoms with Crippen LogP contribution < -0.4 is 15.1 Å². The molecule has 0 spiro atoms.